The van der Waals surface area contributed by atoms with E-state index in [1.807, 2.05) is 18.2 Å². The molecule has 0 spiro atoms. The summed E-state index contributed by atoms with van der Waals surface area (Å²) in [6.07, 6.45) is 0. The Hall–Kier alpha value is -0.752. The molecule has 0 aliphatic carbocycles. The fourth-order valence-electron chi connectivity index (χ4n) is 0.844. The minimum atomic E-state index is -0.960. The molecule has 12 heavy (non-hydrogen) atoms. The number of hydrogen-bond donors (Lipinski definition) is 1. The van der Waals surface area contributed by atoms with Gasteiger partial charge >= 0.3 is 84.4 Å². The maximum atomic E-state index is 10.6. The topological polar surface area (TPSA) is 37.3 Å². The maximum absolute atomic E-state index is 10.6. The van der Waals surface area contributed by atoms with Crippen LogP contribution in [-0.4, -0.2) is 34.1 Å². The van der Waals surface area contributed by atoms with Crippen molar-refractivity contribution >= 4 is 38.1 Å². The number of hydrogen-bond acceptors (Lipinski definition) is 1. The van der Waals surface area contributed by atoms with E-state index in [-0.39, 0.29) is 5.57 Å². The predicted molar refractivity (Wildman–Crippen MR) is 48.5 cm³/mol. The van der Waals surface area contributed by atoms with E-state index in [0.717, 1.165) is 9.07 Å². The number of carbonyl (C=O) groups is 1. The first-order valence-electron chi connectivity index (χ1n) is 3.33. The molecule has 0 aromatic heterocycles. The van der Waals surface area contributed by atoms with Crippen molar-refractivity contribution in [2.75, 3.05) is 0 Å². The minimum absolute atomic E-state index is 0.159. The molecule has 1 rings (SSSR count). The van der Waals surface area contributed by atoms with Crippen LogP contribution in [0.5, 0.6) is 0 Å². The Labute approximate surface area is 84.4 Å². The summed E-state index contributed by atoms with van der Waals surface area (Å²) < 4.78 is 0.985. The first-order valence-corrected chi connectivity index (χ1v) is 4.61. The predicted octanol–water partition coefficient (Wildman–Crippen LogP) is 0.578. The molecule has 3 heteroatoms. The van der Waals surface area contributed by atoms with Crippen LogP contribution in [0.25, 0.3) is 5.57 Å². The molecule has 0 bridgehead atoms. The zero-order chi connectivity index (χ0) is 9.14. The van der Waals surface area contributed by atoms with Crippen LogP contribution in [0, 0.1) is 0 Å². The van der Waals surface area contributed by atoms with E-state index in [4.69, 9.17) is 5.11 Å². The molecule has 1 N–H and O–H groups in total. The summed E-state index contributed by atoms with van der Waals surface area (Å²) in [4.78, 5) is 10.6. The van der Waals surface area contributed by atoms with Crippen LogP contribution in [0.3, 0.4) is 0 Å². The van der Waals surface area contributed by atoms with Crippen LogP contribution in [0.4, 0.5) is 0 Å². The van der Waals surface area contributed by atoms with E-state index < -0.39 is 5.97 Å². The third kappa shape index (κ3) is 1.89. The quantitative estimate of drug-likeness (QED) is 0.629. The van der Waals surface area contributed by atoms with Gasteiger partial charge in [0, 0.05) is 0 Å². The van der Waals surface area contributed by atoms with Crippen molar-refractivity contribution in [2.45, 2.75) is 0 Å². The van der Waals surface area contributed by atoms with E-state index >= 15 is 0 Å². The molecule has 2 nitrogen and oxygen atoms in total. The van der Waals surface area contributed by atoms with Crippen molar-refractivity contribution in [3.63, 3.8) is 0 Å². The molecule has 1 aromatic carbocycles. The molecule has 0 aliphatic rings. The number of rotatable bonds is 2. The normalized spacial score (nSPS) is 9.42. The van der Waals surface area contributed by atoms with E-state index in [0.29, 0.717) is 0 Å². The van der Waals surface area contributed by atoms with Gasteiger partial charge in [-0.05, 0) is 0 Å². The van der Waals surface area contributed by atoms with Gasteiger partial charge in [0.05, 0.1) is 0 Å². The number of carboxylic acid groups (broad SMARTS) is 1. The summed E-state index contributed by atoms with van der Waals surface area (Å²) >= 11 is 1.50. The van der Waals surface area contributed by atoms with Gasteiger partial charge in [-0.25, -0.2) is 0 Å². The average Bonchev–Trinajstić information content (AvgIpc) is 2.04. The van der Waals surface area contributed by atoms with Gasteiger partial charge in [0.1, 0.15) is 0 Å². The Morgan fingerprint density at radius 2 is 2.00 bits per heavy atom. The third-order valence-electron chi connectivity index (χ3n) is 1.49. The molecule has 0 saturated carbocycles. The second kappa shape index (κ2) is 3.77. The van der Waals surface area contributed by atoms with Crippen LogP contribution >= 0.6 is 0 Å². The SMILES string of the molecule is C=C(C(=O)O)c1cccc[c]1[Sb]. The van der Waals surface area contributed by atoms with Crippen molar-refractivity contribution in [3.8, 4) is 0 Å². The van der Waals surface area contributed by atoms with Crippen molar-refractivity contribution < 1.29 is 9.90 Å². The Morgan fingerprint density at radius 1 is 1.42 bits per heavy atom. The molecule has 0 heterocycles. The molecule has 0 unspecified atom stereocenters. The fourth-order valence-corrected chi connectivity index (χ4v) is 1.69. The molecule has 0 saturated heterocycles. The number of aliphatic carboxylic acids is 1. The molecule has 0 aliphatic heterocycles. The van der Waals surface area contributed by atoms with Crippen molar-refractivity contribution in [3.05, 3.63) is 36.4 Å². The van der Waals surface area contributed by atoms with Crippen LogP contribution < -0.4 is 3.51 Å². The van der Waals surface area contributed by atoms with Crippen LogP contribution in [0.2, 0.25) is 0 Å². The van der Waals surface area contributed by atoms with Gasteiger partial charge in [-0.1, -0.05) is 0 Å². The van der Waals surface area contributed by atoms with Gasteiger partial charge in [-0.15, -0.1) is 0 Å². The van der Waals surface area contributed by atoms with Gasteiger partial charge < -0.3 is 0 Å². The first-order chi connectivity index (χ1) is 5.63. The van der Waals surface area contributed by atoms with Gasteiger partial charge in [-0.3, -0.25) is 0 Å². The molecule has 0 fully saturated rings. The standard InChI is InChI=1S/C9H7O2.Sb/c1-7(9(10)11)8-5-3-2-4-6-8;/h2-5H,1H2,(H,10,11);. The van der Waals surface area contributed by atoms with Crippen LogP contribution in [0.1, 0.15) is 5.56 Å². The first kappa shape index (κ1) is 9.34. The summed E-state index contributed by atoms with van der Waals surface area (Å²) in [5.41, 5.74) is 0.880. The van der Waals surface area contributed by atoms with Gasteiger partial charge in [0.15, 0.2) is 0 Å². The summed E-state index contributed by atoms with van der Waals surface area (Å²) in [5.74, 6) is -0.960. The molecule has 2 radical (unpaired) electrons. The Balaban J connectivity index is 3.11. The molecule has 60 valence electrons. The van der Waals surface area contributed by atoms with Crippen molar-refractivity contribution in [1.82, 2.24) is 0 Å². The average molecular weight is 269 g/mol. The Bertz CT molecular complexity index is 331. The van der Waals surface area contributed by atoms with E-state index in [1.54, 1.807) is 6.07 Å². The Morgan fingerprint density at radius 3 is 2.50 bits per heavy atom. The fraction of sp³-hybridized carbons (Fsp3) is 0. The van der Waals surface area contributed by atoms with Gasteiger partial charge in [-0.2, -0.15) is 0 Å². The third-order valence-corrected chi connectivity index (χ3v) is 2.60. The van der Waals surface area contributed by atoms with Crippen molar-refractivity contribution in [1.29, 1.82) is 0 Å². The van der Waals surface area contributed by atoms with Gasteiger partial charge in [0.25, 0.3) is 0 Å². The second-order valence-corrected chi connectivity index (χ2v) is 3.68. The van der Waals surface area contributed by atoms with E-state index in [1.165, 1.54) is 23.0 Å². The van der Waals surface area contributed by atoms with Crippen LogP contribution in [0.15, 0.2) is 30.8 Å². The monoisotopic (exact) mass is 268 g/mol. The summed E-state index contributed by atoms with van der Waals surface area (Å²) in [6.45, 7) is 3.49. The van der Waals surface area contributed by atoms with E-state index in [9.17, 15) is 4.79 Å². The number of benzene rings is 1. The van der Waals surface area contributed by atoms with Gasteiger partial charge in [0.2, 0.25) is 0 Å². The van der Waals surface area contributed by atoms with E-state index in [2.05, 4.69) is 6.58 Å². The molecule has 1 aromatic rings. The Kier molecular flexibility index (Phi) is 2.93. The summed E-state index contributed by atoms with van der Waals surface area (Å²) in [5, 5.41) is 8.67. The summed E-state index contributed by atoms with van der Waals surface area (Å²) in [7, 11) is 0. The molecule has 0 atom stereocenters. The van der Waals surface area contributed by atoms with Crippen molar-refractivity contribution in [2.24, 2.45) is 0 Å². The zero-order valence-corrected chi connectivity index (χ0v) is 8.87. The molecular weight excluding hydrogens is 262 g/mol. The number of carboxylic acids is 1. The molecular formula is C9H7O2Sb. The second-order valence-electron chi connectivity index (χ2n) is 2.30. The summed E-state index contributed by atoms with van der Waals surface area (Å²) in [6, 6.07) is 7.35. The van der Waals surface area contributed by atoms with Crippen LogP contribution in [-0.2, 0) is 4.79 Å². The zero-order valence-electron chi connectivity index (χ0n) is 6.32. The molecule has 0 amide bonds.